The zero-order valence-corrected chi connectivity index (χ0v) is 15.7. The molecule has 3 rings (SSSR count). The molecule has 0 aliphatic rings. The molecule has 0 aliphatic carbocycles. The smallest absolute Gasteiger partial charge is 0.394 e. The third-order valence-electron chi connectivity index (χ3n) is 4.93. The van der Waals surface area contributed by atoms with E-state index in [0.717, 1.165) is 12.1 Å². The van der Waals surface area contributed by atoms with E-state index in [1.807, 2.05) is 0 Å². The zero-order chi connectivity index (χ0) is 21.2. The number of aryl methyl sites for hydroxylation is 1. The first-order valence-corrected chi connectivity index (χ1v) is 9.16. The van der Waals surface area contributed by atoms with Crippen LogP contribution in [0.3, 0.4) is 0 Å². The van der Waals surface area contributed by atoms with Crippen molar-refractivity contribution in [1.82, 2.24) is 4.57 Å². The minimum absolute atomic E-state index is 0.112. The Balaban J connectivity index is 1.82. The lowest BCUT2D eigenvalue weighted by Crippen LogP contribution is -2.25. The number of aromatic nitrogens is 1. The minimum Gasteiger partial charge on any atom is -0.394 e. The second-order valence-electron chi connectivity index (χ2n) is 6.94. The van der Waals surface area contributed by atoms with Crippen LogP contribution in [0.5, 0.6) is 0 Å². The van der Waals surface area contributed by atoms with Crippen LogP contribution in [0.15, 0.2) is 59.5 Å². The van der Waals surface area contributed by atoms with Crippen LogP contribution < -0.4 is 5.56 Å². The first kappa shape index (κ1) is 20.8. The number of carbonyl (C=O) groups is 1. The molecule has 0 spiro atoms. The van der Waals surface area contributed by atoms with Crippen LogP contribution in [0.4, 0.5) is 13.2 Å². The van der Waals surface area contributed by atoms with E-state index in [4.69, 9.17) is 0 Å². The van der Waals surface area contributed by atoms with E-state index in [1.165, 1.54) is 16.7 Å². The molecule has 7 heteroatoms. The molecule has 4 nitrogen and oxygen atoms in total. The van der Waals surface area contributed by atoms with Gasteiger partial charge in [-0.1, -0.05) is 24.3 Å². The number of alkyl halides is 3. The van der Waals surface area contributed by atoms with Crippen molar-refractivity contribution in [1.29, 1.82) is 0 Å². The number of ketones is 1. The zero-order valence-electron chi connectivity index (χ0n) is 15.7. The fraction of sp³-hybridized carbons (Fsp3) is 0.273. The summed E-state index contributed by atoms with van der Waals surface area (Å²) in [4.78, 5) is 25.4. The van der Waals surface area contributed by atoms with Crippen molar-refractivity contribution in [3.05, 3.63) is 81.8 Å². The summed E-state index contributed by atoms with van der Waals surface area (Å²) in [5, 5.41) is 10.2. The molecule has 0 saturated heterocycles. The van der Waals surface area contributed by atoms with Crippen molar-refractivity contribution < 1.29 is 23.1 Å². The fourth-order valence-corrected chi connectivity index (χ4v) is 3.22. The van der Waals surface area contributed by atoms with Gasteiger partial charge >= 0.3 is 6.18 Å². The van der Waals surface area contributed by atoms with Gasteiger partial charge in [-0.3, -0.25) is 9.59 Å². The summed E-state index contributed by atoms with van der Waals surface area (Å²) in [6, 6.07) is 10.9. The monoisotopic (exact) mass is 403 g/mol. The van der Waals surface area contributed by atoms with Crippen molar-refractivity contribution in [2.24, 2.45) is 0 Å². The van der Waals surface area contributed by atoms with Gasteiger partial charge in [-0.2, -0.15) is 13.2 Å². The number of hydrogen-bond acceptors (Lipinski definition) is 3. The molecule has 1 heterocycles. The molecule has 0 aliphatic heterocycles. The number of carbonyl (C=O) groups excluding carboxylic acids is 1. The standard InChI is InChI=1S/C22H20F3NO3/c1-14(13-27)26-12-11-17-18(3-2-4-19(17)21(26)29)20(28)10-7-15-5-8-16(9-6-15)22(23,24)25/h2-6,8-9,11-12,14,27H,7,10,13H2,1H3/t14-/m1/s1. The Kier molecular flexibility index (Phi) is 5.88. The van der Waals surface area contributed by atoms with Crippen LogP contribution in [0.25, 0.3) is 10.8 Å². The molecule has 152 valence electrons. The van der Waals surface area contributed by atoms with Crippen LogP contribution in [0, 0.1) is 0 Å². The normalized spacial score (nSPS) is 12.9. The van der Waals surface area contributed by atoms with E-state index < -0.39 is 11.7 Å². The first-order chi connectivity index (χ1) is 13.7. The highest BCUT2D eigenvalue weighted by Crippen LogP contribution is 2.29. The van der Waals surface area contributed by atoms with Crippen molar-refractivity contribution in [3.8, 4) is 0 Å². The van der Waals surface area contributed by atoms with Crippen molar-refractivity contribution in [2.45, 2.75) is 32.0 Å². The Hall–Kier alpha value is -2.93. The Morgan fingerprint density at radius 2 is 1.76 bits per heavy atom. The summed E-state index contributed by atoms with van der Waals surface area (Å²) in [6.45, 7) is 1.53. The van der Waals surface area contributed by atoms with Crippen LogP contribution in [0.1, 0.15) is 40.9 Å². The van der Waals surface area contributed by atoms with Crippen molar-refractivity contribution in [2.75, 3.05) is 6.61 Å². The van der Waals surface area contributed by atoms with Gasteiger partial charge in [-0.15, -0.1) is 0 Å². The average Bonchev–Trinajstić information content (AvgIpc) is 2.71. The second-order valence-corrected chi connectivity index (χ2v) is 6.94. The molecule has 1 atom stereocenters. The number of rotatable bonds is 6. The molecular weight excluding hydrogens is 383 g/mol. The lowest BCUT2D eigenvalue weighted by molar-refractivity contribution is -0.137. The van der Waals surface area contributed by atoms with Gasteiger partial charge in [0.05, 0.1) is 18.2 Å². The van der Waals surface area contributed by atoms with Gasteiger partial charge in [0.25, 0.3) is 5.56 Å². The van der Waals surface area contributed by atoms with E-state index in [1.54, 1.807) is 37.4 Å². The molecular formula is C22H20F3NO3. The third kappa shape index (κ3) is 4.40. The highest BCUT2D eigenvalue weighted by Gasteiger charge is 2.29. The highest BCUT2D eigenvalue weighted by atomic mass is 19.4. The van der Waals surface area contributed by atoms with Crippen LogP contribution >= 0.6 is 0 Å². The number of benzene rings is 2. The first-order valence-electron chi connectivity index (χ1n) is 9.16. The van der Waals surface area contributed by atoms with Gasteiger partial charge in [0.15, 0.2) is 5.78 Å². The lowest BCUT2D eigenvalue weighted by atomic mass is 9.98. The van der Waals surface area contributed by atoms with Gasteiger partial charge in [-0.25, -0.2) is 0 Å². The third-order valence-corrected chi connectivity index (χ3v) is 4.93. The highest BCUT2D eigenvalue weighted by molar-refractivity contribution is 6.07. The maximum atomic E-state index is 12.7. The van der Waals surface area contributed by atoms with Gasteiger partial charge < -0.3 is 9.67 Å². The number of halogens is 3. The second kappa shape index (κ2) is 8.21. The van der Waals surface area contributed by atoms with Gasteiger partial charge in [0.1, 0.15) is 0 Å². The Bertz CT molecular complexity index is 1090. The molecule has 3 aromatic rings. The molecule has 0 bridgehead atoms. The fourth-order valence-electron chi connectivity index (χ4n) is 3.22. The number of aliphatic hydroxyl groups is 1. The SMILES string of the molecule is C[C@H](CO)n1ccc2c(C(=O)CCc3ccc(C(F)(F)F)cc3)cccc2c1=O. The summed E-state index contributed by atoms with van der Waals surface area (Å²) in [5.41, 5.74) is 0.0116. The van der Waals surface area contributed by atoms with E-state index >= 15 is 0 Å². The van der Waals surface area contributed by atoms with E-state index in [-0.39, 0.29) is 30.4 Å². The Morgan fingerprint density at radius 1 is 1.07 bits per heavy atom. The number of nitrogens with zero attached hydrogens (tertiary/aromatic N) is 1. The van der Waals surface area contributed by atoms with Crippen LogP contribution in [-0.2, 0) is 12.6 Å². The van der Waals surface area contributed by atoms with Crippen LogP contribution in [0.2, 0.25) is 0 Å². The number of fused-ring (bicyclic) bond motifs is 1. The van der Waals surface area contributed by atoms with Crippen molar-refractivity contribution in [3.63, 3.8) is 0 Å². The number of aliphatic hydroxyl groups excluding tert-OH is 1. The van der Waals surface area contributed by atoms with Crippen molar-refractivity contribution >= 4 is 16.6 Å². The minimum atomic E-state index is -4.39. The van der Waals surface area contributed by atoms with E-state index in [0.29, 0.717) is 28.3 Å². The molecule has 1 aromatic heterocycles. The molecule has 0 saturated carbocycles. The summed E-state index contributed by atoms with van der Waals surface area (Å²) >= 11 is 0. The molecule has 0 fully saturated rings. The van der Waals surface area contributed by atoms with Gasteiger partial charge in [-0.05, 0) is 48.6 Å². The average molecular weight is 403 g/mol. The Morgan fingerprint density at radius 3 is 2.38 bits per heavy atom. The molecule has 0 unspecified atom stereocenters. The topological polar surface area (TPSA) is 59.3 Å². The maximum absolute atomic E-state index is 12.7. The van der Waals surface area contributed by atoms with Gasteiger partial charge in [0.2, 0.25) is 0 Å². The summed E-state index contributed by atoms with van der Waals surface area (Å²) in [6.07, 6.45) is -2.43. The number of hydrogen-bond donors (Lipinski definition) is 1. The molecule has 29 heavy (non-hydrogen) atoms. The number of pyridine rings is 1. The molecule has 0 radical (unpaired) electrons. The lowest BCUT2D eigenvalue weighted by Gasteiger charge is -2.14. The molecule has 1 N–H and O–H groups in total. The maximum Gasteiger partial charge on any atom is 0.416 e. The van der Waals surface area contributed by atoms with E-state index in [2.05, 4.69) is 0 Å². The molecule has 0 amide bonds. The quantitative estimate of drug-likeness (QED) is 0.621. The summed E-state index contributed by atoms with van der Waals surface area (Å²) in [7, 11) is 0. The summed E-state index contributed by atoms with van der Waals surface area (Å²) in [5.74, 6) is -0.192. The molecule has 2 aromatic carbocycles. The largest absolute Gasteiger partial charge is 0.416 e. The van der Waals surface area contributed by atoms with Crippen LogP contribution in [-0.4, -0.2) is 22.1 Å². The van der Waals surface area contributed by atoms with E-state index in [9.17, 15) is 27.9 Å². The van der Waals surface area contributed by atoms with Gasteiger partial charge in [0, 0.05) is 23.6 Å². The number of Topliss-reactive ketones (excluding diaryl/α,β-unsaturated/α-hetero) is 1. The Labute approximate surface area is 165 Å². The summed E-state index contributed by atoms with van der Waals surface area (Å²) < 4.78 is 39.3. The predicted molar refractivity (Wildman–Crippen MR) is 104 cm³/mol. The predicted octanol–water partition coefficient (Wildman–Crippen LogP) is 4.39.